The number of carbonyl (C=O) groups excluding carboxylic acids is 2. The second kappa shape index (κ2) is 10.3. The monoisotopic (exact) mass is 463 g/mol. The first-order valence-electron chi connectivity index (χ1n) is 11.8. The smallest absolute Gasteiger partial charge is 0.244 e. The number of H-pyrrole nitrogens is 1. The molecule has 3 aromatic rings. The molecule has 1 aliphatic rings. The summed E-state index contributed by atoms with van der Waals surface area (Å²) < 4.78 is 5.44. The predicted octanol–water partition coefficient (Wildman–Crippen LogP) is 3.35. The van der Waals surface area contributed by atoms with E-state index in [9.17, 15) is 9.59 Å². The van der Waals surface area contributed by atoms with E-state index in [1.54, 1.807) is 11.2 Å². The summed E-state index contributed by atoms with van der Waals surface area (Å²) in [4.78, 5) is 30.3. The minimum atomic E-state index is -0.555. The largest absolute Gasteiger partial charge is 0.464 e. The summed E-state index contributed by atoms with van der Waals surface area (Å²) in [6, 6.07) is 13.1. The van der Waals surface area contributed by atoms with Gasteiger partial charge in [0.25, 0.3) is 0 Å². The van der Waals surface area contributed by atoms with E-state index < -0.39 is 6.04 Å². The predicted molar refractivity (Wildman–Crippen MR) is 130 cm³/mol. The maximum atomic E-state index is 13.3. The van der Waals surface area contributed by atoms with Gasteiger partial charge in [0.15, 0.2) is 0 Å². The maximum Gasteiger partial charge on any atom is 0.244 e. The van der Waals surface area contributed by atoms with Gasteiger partial charge in [0.05, 0.1) is 12.0 Å². The van der Waals surface area contributed by atoms with Gasteiger partial charge in [0.2, 0.25) is 11.8 Å². The number of aromatic amines is 1. The van der Waals surface area contributed by atoms with Gasteiger partial charge in [-0.1, -0.05) is 38.1 Å². The van der Waals surface area contributed by atoms with Crippen LogP contribution in [0.3, 0.4) is 0 Å². The third-order valence-corrected chi connectivity index (χ3v) is 6.19. The standard InChI is InChI=1S/C26H33N5O3/c1-17(2)26(33)31-19(4)14-30(15-22-12-18(3)28-29-22)16-23(31)25(32)27-13-20-7-9-21(10-8-20)24-6-5-11-34-24/h5-12,17,19,23H,13-16H2,1-4H3,(H,27,32)(H,28,29). The Morgan fingerprint density at radius 2 is 1.97 bits per heavy atom. The normalized spacial score (nSPS) is 18.9. The number of aromatic nitrogens is 2. The van der Waals surface area contributed by atoms with E-state index in [4.69, 9.17) is 4.42 Å². The van der Waals surface area contributed by atoms with Crippen LogP contribution in [0, 0.1) is 12.8 Å². The molecule has 3 heterocycles. The van der Waals surface area contributed by atoms with Crippen LogP contribution in [0.15, 0.2) is 53.1 Å². The number of carbonyl (C=O) groups is 2. The van der Waals surface area contributed by atoms with E-state index >= 15 is 0 Å². The number of nitrogens with one attached hydrogen (secondary N) is 2. The molecule has 0 spiro atoms. The lowest BCUT2D eigenvalue weighted by Crippen LogP contribution is -2.64. The van der Waals surface area contributed by atoms with Crippen molar-refractivity contribution in [2.45, 2.75) is 52.9 Å². The highest BCUT2D eigenvalue weighted by atomic mass is 16.3. The van der Waals surface area contributed by atoms with Crippen LogP contribution in [-0.2, 0) is 22.7 Å². The maximum absolute atomic E-state index is 13.3. The summed E-state index contributed by atoms with van der Waals surface area (Å²) in [5.74, 6) is 0.499. The summed E-state index contributed by atoms with van der Waals surface area (Å²) in [5.41, 5.74) is 3.91. The van der Waals surface area contributed by atoms with Gasteiger partial charge in [-0.25, -0.2) is 0 Å². The highest BCUT2D eigenvalue weighted by Gasteiger charge is 2.40. The van der Waals surface area contributed by atoms with Gasteiger partial charge in [-0.3, -0.25) is 19.6 Å². The number of furan rings is 1. The van der Waals surface area contributed by atoms with E-state index in [1.807, 2.05) is 70.2 Å². The van der Waals surface area contributed by atoms with Gasteiger partial charge >= 0.3 is 0 Å². The number of benzene rings is 1. The second-order valence-corrected chi connectivity index (χ2v) is 9.39. The zero-order valence-electron chi connectivity index (χ0n) is 20.2. The summed E-state index contributed by atoms with van der Waals surface area (Å²) in [7, 11) is 0. The zero-order valence-corrected chi connectivity index (χ0v) is 20.2. The molecule has 4 rings (SSSR count). The molecule has 1 aromatic carbocycles. The SMILES string of the molecule is Cc1cc(CN2CC(C)N(C(=O)C(C)C)C(C(=O)NCc3ccc(-c4ccco4)cc3)C2)n[nH]1. The average Bonchev–Trinajstić information content (AvgIpc) is 3.49. The first-order chi connectivity index (χ1) is 16.3. The van der Waals surface area contributed by atoms with Crippen LogP contribution in [0.4, 0.5) is 0 Å². The number of rotatable bonds is 7. The molecule has 0 radical (unpaired) electrons. The number of amides is 2. The number of piperazine rings is 1. The van der Waals surface area contributed by atoms with Crippen LogP contribution in [0.1, 0.15) is 37.7 Å². The zero-order chi connectivity index (χ0) is 24.2. The first-order valence-corrected chi connectivity index (χ1v) is 11.8. The van der Waals surface area contributed by atoms with E-state index in [0.29, 0.717) is 26.2 Å². The first kappa shape index (κ1) is 23.8. The summed E-state index contributed by atoms with van der Waals surface area (Å²) in [5, 5.41) is 10.4. The van der Waals surface area contributed by atoms with Crippen molar-refractivity contribution >= 4 is 11.8 Å². The molecule has 1 saturated heterocycles. The van der Waals surface area contributed by atoms with Crippen molar-refractivity contribution in [3.63, 3.8) is 0 Å². The summed E-state index contributed by atoms with van der Waals surface area (Å²) in [6.07, 6.45) is 1.65. The lowest BCUT2D eigenvalue weighted by Gasteiger charge is -2.45. The molecule has 2 unspecified atom stereocenters. The van der Waals surface area contributed by atoms with Gasteiger partial charge in [0, 0.05) is 49.4 Å². The van der Waals surface area contributed by atoms with Crippen LogP contribution in [0.2, 0.25) is 0 Å². The molecule has 0 bridgehead atoms. The summed E-state index contributed by atoms with van der Waals surface area (Å²) >= 11 is 0. The summed E-state index contributed by atoms with van der Waals surface area (Å²) in [6.45, 7) is 9.93. The molecule has 8 nitrogen and oxygen atoms in total. The van der Waals surface area contributed by atoms with Gasteiger partial charge in [-0.2, -0.15) is 5.10 Å². The Morgan fingerprint density at radius 1 is 1.21 bits per heavy atom. The van der Waals surface area contributed by atoms with Crippen molar-refractivity contribution in [2.75, 3.05) is 13.1 Å². The fraction of sp³-hybridized carbons (Fsp3) is 0.423. The Hall–Kier alpha value is -3.39. The average molecular weight is 464 g/mol. The number of hydrogen-bond acceptors (Lipinski definition) is 5. The van der Waals surface area contributed by atoms with Gasteiger partial charge in [0.1, 0.15) is 11.8 Å². The molecule has 1 fully saturated rings. The lowest BCUT2D eigenvalue weighted by atomic mass is 10.0. The van der Waals surface area contributed by atoms with E-state index in [2.05, 4.69) is 20.4 Å². The molecule has 0 aliphatic carbocycles. The molecule has 1 aliphatic heterocycles. The third kappa shape index (κ3) is 5.39. The Balaban J connectivity index is 1.45. The van der Waals surface area contributed by atoms with Gasteiger partial charge in [-0.05, 0) is 37.6 Å². The Kier molecular flexibility index (Phi) is 7.17. The third-order valence-electron chi connectivity index (χ3n) is 6.19. The molecular formula is C26H33N5O3. The number of hydrogen-bond donors (Lipinski definition) is 2. The Bertz CT molecular complexity index is 1100. The molecule has 34 heavy (non-hydrogen) atoms. The molecule has 180 valence electrons. The molecule has 8 heteroatoms. The molecular weight excluding hydrogens is 430 g/mol. The highest BCUT2D eigenvalue weighted by molar-refractivity contribution is 5.89. The van der Waals surface area contributed by atoms with Crippen molar-refractivity contribution in [2.24, 2.45) is 5.92 Å². The van der Waals surface area contributed by atoms with Crippen LogP contribution >= 0.6 is 0 Å². The number of aryl methyl sites for hydroxylation is 1. The Labute approximate surface area is 200 Å². The van der Waals surface area contributed by atoms with E-state index in [1.165, 1.54) is 0 Å². The lowest BCUT2D eigenvalue weighted by molar-refractivity contribution is -0.150. The Morgan fingerprint density at radius 3 is 2.59 bits per heavy atom. The topological polar surface area (TPSA) is 94.5 Å². The molecule has 2 aromatic heterocycles. The van der Waals surface area contributed by atoms with Crippen molar-refractivity contribution in [1.29, 1.82) is 0 Å². The quantitative estimate of drug-likeness (QED) is 0.560. The highest BCUT2D eigenvalue weighted by Crippen LogP contribution is 2.22. The fourth-order valence-electron chi connectivity index (χ4n) is 4.50. The van der Waals surface area contributed by atoms with Crippen LogP contribution in [0.5, 0.6) is 0 Å². The molecule has 2 atom stereocenters. The fourth-order valence-corrected chi connectivity index (χ4v) is 4.50. The van der Waals surface area contributed by atoms with Crippen LogP contribution in [0.25, 0.3) is 11.3 Å². The molecule has 2 N–H and O–H groups in total. The minimum absolute atomic E-state index is 0.00529. The van der Waals surface area contributed by atoms with E-state index in [0.717, 1.165) is 28.3 Å². The molecule has 0 saturated carbocycles. The van der Waals surface area contributed by atoms with Crippen molar-refractivity contribution in [3.8, 4) is 11.3 Å². The van der Waals surface area contributed by atoms with Crippen LogP contribution < -0.4 is 5.32 Å². The second-order valence-electron chi connectivity index (χ2n) is 9.39. The minimum Gasteiger partial charge on any atom is -0.464 e. The number of nitrogens with zero attached hydrogens (tertiary/aromatic N) is 3. The van der Waals surface area contributed by atoms with Crippen molar-refractivity contribution in [1.82, 2.24) is 25.3 Å². The van der Waals surface area contributed by atoms with Gasteiger partial charge < -0.3 is 14.6 Å². The van der Waals surface area contributed by atoms with E-state index in [-0.39, 0.29) is 23.8 Å². The molecule has 2 amide bonds. The van der Waals surface area contributed by atoms with Crippen molar-refractivity contribution < 1.29 is 14.0 Å². The van der Waals surface area contributed by atoms with Gasteiger partial charge in [-0.15, -0.1) is 0 Å². The van der Waals surface area contributed by atoms with Crippen molar-refractivity contribution in [3.05, 3.63) is 65.7 Å². The van der Waals surface area contributed by atoms with Crippen LogP contribution in [-0.4, -0.2) is 57.0 Å².